The summed E-state index contributed by atoms with van der Waals surface area (Å²) in [6.45, 7) is 6.77. The molecule has 0 bridgehead atoms. The second-order valence-electron chi connectivity index (χ2n) is 4.73. The first-order chi connectivity index (χ1) is 6.15. The van der Waals surface area contributed by atoms with Crippen molar-refractivity contribution in [2.45, 2.75) is 58.3 Å². The molecule has 13 heavy (non-hydrogen) atoms. The van der Waals surface area contributed by atoms with E-state index in [1.807, 2.05) is 0 Å². The Morgan fingerprint density at radius 2 is 1.69 bits per heavy atom. The normalized spacial score (nSPS) is 34.2. The second-order valence-corrected chi connectivity index (χ2v) is 5.41. The predicted molar refractivity (Wildman–Crippen MR) is 60.2 cm³/mol. The van der Waals surface area contributed by atoms with Crippen molar-refractivity contribution in [2.24, 2.45) is 17.8 Å². The van der Waals surface area contributed by atoms with Gasteiger partial charge in [0.1, 0.15) is 0 Å². The number of alkyl halides is 1. The molecule has 2 atom stereocenters. The number of halogens is 1. The molecule has 0 aromatic rings. The molecule has 0 amide bonds. The van der Waals surface area contributed by atoms with Gasteiger partial charge in [-0.05, 0) is 37.5 Å². The third-order valence-corrected chi connectivity index (χ3v) is 4.33. The van der Waals surface area contributed by atoms with E-state index in [-0.39, 0.29) is 0 Å². The molecule has 0 aliphatic heterocycles. The smallest absolute Gasteiger partial charge is 0.0336 e. The molecule has 1 rings (SSSR count). The summed E-state index contributed by atoms with van der Waals surface area (Å²) in [5.74, 6) is 2.61. The summed E-state index contributed by atoms with van der Waals surface area (Å²) in [5, 5.41) is 0.350. The van der Waals surface area contributed by atoms with Crippen molar-refractivity contribution in [2.75, 3.05) is 0 Å². The van der Waals surface area contributed by atoms with Gasteiger partial charge in [0.2, 0.25) is 0 Å². The fourth-order valence-corrected chi connectivity index (χ4v) is 2.70. The zero-order valence-electron chi connectivity index (χ0n) is 9.22. The lowest BCUT2D eigenvalue weighted by molar-refractivity contribution is 0.209. The average Bonchev–Trinajstić information content (AvgIpc) is 2.17. The van der Waals surface area contributed by atoms with E-state index >= 15 is 0 Å². The summed E-state index contributed by atoms with van der Waals surface area (Å²) < 4.78 is 0. The highest BCUT2D eigenvalue weighted by atomic mass is 35.5. The van der Waals surface area contributed by atoms with Crippen LogP contribution in [0.2, 0.25) is 0 Å². The van der Waals surface area contributed by atoms with Crippen LogP contribution < -0.4 is 0 Å². The molecule has 0 nitrogen and oxygen atoms in total. The molecule has 1 aliphatic rings. The average molecular weight is 203 g/mol. The Morgan fingerprint density at radius 1 is 1.15 bits per heavy atom. The van der Waals surface area contributed by atoms with Crippen molar-refractivity contribution in [3.63, 3.8) is 0 Å². The van der Waals surface area contributed by atoms with Crippen LogP contribution in [0.15, 0.2) is 0 Å². The Labute approximate surface area is 88.1 Å². The number of rotatable bonds is 3. The lowest BCUT2D eigenvalue weighted by atomic mass is 9.75. The Hall–Kier alpha value is 0.290. The minimum absolute atomic E-state index is 0.350. The molecule has 0 spiro atoms. The maximum atomic E-state index is 6.13. The molecule has 0 saturated heterocycles. The lowest BCUT2D eigenvalue weighted by Crippen LogP contribution is -2.24. The molecule has 1 aliphatic carbocycles. The Kier molecular flexibility index (Phi) is 4.58. The highest BCUT2D eigenvalue weighted by Gasteiger charge is 2.26. The van der Waals surface area contributed by atoms with Gasteiger partial charge in [0.15, 0.2) is 0 Å². The van der Waals surface area contributed by atoms with Crippen LogP contribution >= 0.6 is 11.6 Å². The minimum atomic E-state index is 0.350. The highest BCUT2D eigenvalue weighted by molar-refractivity contribution is 6.20. The molecule has 0 aromatic heterocycles. The van der Waals surface area contributed by atoms with E-state index in [1.54, 1.807) is 0 Å². The van der Waals surface area contributed by atoms with Gasteiger partial charge >= 0.3 is 0 Å². The summed E-state index contributed by atoms with van der Waals surface area (Å²) in [6, 6.07) is 0. The van der Waals surface area contributed by atoms with Crippen molar-refractivity contribution in [3.8, 4) is 0 Å². The van der Waals surface area contributed by atoms with Gasteiger partial charge in [-0.1, -0.05) is 33.1 Å². The van der Waals surface area contributed by atoms with Gasteiger partial charge in [0, 0.05) is 5.38 Å². The van der Waals surface area contributed by atoms with Crippen LogP contribution in [-0.2, 0) is 0 Å². The zero-order valence-corrected chi connectivity index (χ0v) is 9.98. The van der Waals surface area contributed by atoms with E-state index in [0.29, 0.717) is 11.3 Å². The fraction of sp³-hybridized carbons (Fsp3) is 1.00. The van der Waals surface area contributed by atoms with E-state index < -0.39 is 0 Å². The van der Waals surface area contributed by atoms with Gasteiger partial charge in [-0.25, -0.2) is 0 Å². The third kappa shape index (κ3) is 3.16. The van der Waals surface area contributed by atoms with Crippen molar-refractivity contribution < 1.29 is 0 Å². The summed E-state index contributed by atoms with van der Waals surface area (Å²) in [6.07, 6.45) is 7.08. The van der Waals surface area contributed by atoms with Gasteiger partial charge < -0.3 is 0 Å². The van der Waals surface area contributed by atoms with Crippen LogP contribution in [-0.4, -0.2) is 5.38 Å². The van der Waals surface area contributed by atoms with E-state index in [0.717, 1.165) is 11.8 Å². The van der Waals surface area contributed by atoms with Crippen LogP contribution in [0.3, 0.4) is 0 Å². The maximum Gasteiger partial charge on any atom is 0.0336 e. The van der Waals surface area contributed by atoms with E-state index in [9.17, 15) is 0 Å². The minimum Gasteiger partial charge on any atom is -0.123 e. The first kappa shape index (κ1) is 11.4. The SMILES string of the molecule is CCC1CCC(C(C)C(C)Cl)CC1. The Morgan fingerprint density at radius 3 is 2.08 bits per heavy atom. The third-order valence-electron chi connectivity index (χ3n) is 3.94. The number of hydrogen-bond donors (Lipinski definition) is 0. The van der Waals surface area contributed by atoms with Crippen LogP contribution in [0.1, 0.15) is 52.9 Å². The first-order valence-corrected chi connectivity index (χ1v) is 6.22. The van der Waals surface area contributed by atoms with Crippen LogP contribution in [0.4, 0.5) is 0 Å². The van der Waals surface area contributed by atoms with Crippen molar-refractivity contribution in [1.29, 1.82) is 0 Å². The van der Waals surface area contributed by atoms with Gasteiger partial charge in [-0.3, -0.25) is 0 Å². The molecule has 1 saturated carbocycles. The summed E-state index contributed by atoms with van der Waals surface area (Å²) in [5.41, 5.74) is 0. The monoisotopic (exact) mass is 202 g/mol. The Balaban J connectivity index is 2.32. The first-order valence-electron chi connectivity index (χ1n) is 5.79. The van der Waals surface area contributed by atoms with Gasteiger partial charge in [-0.15, -0.1) is 11.6 Å². The molecule has 78 valence electrons. The molecule has 0 N–H and O–H groups in total. The lowest BCUT2D eigenvalue weighted by Gasteiger charge is -2.33. The predicted octanol–water partition coefficient (Wildman–Crippen LogP) is 4.47. The van der Waals surface area contributed by atoms with Gasteiger partial charge in [0.25, 0.3) is 0 Å². The summed E-state index contributed by atoms with van der Waals surface area (Å²) in [4.78, 5) is 0. The molecule has 0 heterocycles. The molecule has 1 heteroatoms. The Bertz CT molecular complexity index is 134. The molecule has 1 fully saturated rings. The van der Waals surface area contributed by atoms with E-state index in [4.69, 9.17) is 11.6 Å². The maximum absolute atomic E-state index is 6.13. The molecular formula is C12H23Cl. The standard InChI is InChI=1S/C12H23Cl/c1-4-11-5-7-12(8-6-11)9(2)10(3)13/h9-12H,4-8H2,1-3H3. The van der Waals surface area contributed by atoms with E-state index in [2.05, 4.69) is 20.8 Å². The fourth-order valence-electron chi connectivity index (χ4n) is 2.50. The van der Waals surface area contributed by atoms with Gasteiger partial charge in [-0.2, -0.15) is 0 Å². The number of hydrogen-bond acceptors (Lipinski definition) is 0. The van der Waals surface area contributed by atoms with E-state index in [1.165, 1.54) is 32.1 Å². The van der Waals surface area contributed by atoms with Crippen molar-refractivity contribution >= 4 is 11.6 Å². The molecule has 0 aromatic carbocycles. The molecule has 2 unspecified atom stereocenters. The summed E-state index contributed by atoms with van der Waals surface area (Å²) >= 11 is 6.13. The quantitative estimate of drug-likeness (QED) is 0.593. The topological polar surface area (TPSA) is 0 Å². The largest absolute Gasteiger partial charge is 0.123 e. The zero-order chi connectivity index (χ0) is 9.84. The van der Waals surface area contributed by atoms with Crippen LogP contribution in [0, 0.1) is 17.8 Å². The van der Waals surface area contributed by atoms with Crippen molar-refractivity contribution in [1.82, 2.24) is 0 Å². The van der Waals surface area contributed by atoms with Crippen LogP contribution in [0.25, 0.3) is 0 Å². The van der Waals surface area contributed by atoms with Crippen LogP contribution in [0.5, 0.6) is 0 Å². The second kappa shape index (κ2) is 5.24. The van der Waals surface area contributed by atoms with Crippen molar-refractivity contribution in [3.05, 3.63) is 0 Å². The van der Waals surface area contributed by atoms with Gasteiger partial charge in [0.05, 0.1) is 0 Å². The summed E-state index contributed by atoms with van der Waals surface area (Å²) in [7, 11) is 0. The highest BCUT2D eigenvalue weighted by Crippen LogP contribution is 2.36. The molecule has 0 radical (unpaired) electrons. The molecular weight excluding hydrogens is 180 g/mol.